The molecule has 0 amide bonds. The average Bonchev–Trinajstić information content (AvgIpc) is 1.38. The molecule has 3 nitrogen and oxygen atoms in total. The molecule has 0 saturated carbocycles. The maximum absolute atomic E-state index is 9.24. The fourth-order valence-corrected chi connectivity index (χ4v) is 0. The minimum Gasteiger partial charge on any atom is -0.480 e. The number of hydrogen-bond donors (Lipinski definition) is 2. The van der Waals surface area contributed by atoms with Gasteiger partial charge in [-0.25, -0.2) is 0 Å². The summed E-state index contributed by atoms with van der Waals surface area (Å²) in [6, 6.07) is 0. The molecule has 0 atom stereocenters. The van der Waals surface area contributed by atoms with Crippen molar-refractivity contribution in [3.05, 3.63) is 0 Å². The Morgan fingerprint density at radius 1 is 1.83 bits per heavy atom. The second-order valence-electron chi connectivity index (χ2n) is 0.598. The van der Waals surface area contributed by atoms with Crippen LogP contribution in [0.5, 0.6) is 0 Å². The van der Waals surface area contributed by atoms with Gasteiger partial charge in [-0.15, -0.1) is 0 Å². The van der Waals surface area contributed by atoms with E-state index in [0.29, 0.717) is 0 Å². The van der Waals surface area contributed by atoms with E-state index in [1.807, 2.05) is 0 Å². The van der Waals surface area contributed by atoms with Gasteiger partial charge in [-0.1, -0.05) is 0 Å². The SMILES string of the molecule is NCC(=O)O.[Pb]. The zero-order chi connectivity index (χ0) is 4.28. The average molecular weight is 282 g/mol. The molecule has 34 valence electrons. The van der Waals surface area contributed by atoms with Crippen LogP contribution < -0.4 is 5.73 Å². The fraction of sp³-hybridized carbons (Fsp3) is 0.500. The molecule has 4 heteroatoms. The van der Waals surface area contributed by atoms with Crippen molar-refractivity contribution in [2.24, 2.45) is 5.73 Å². The maximum Gasteiger partial charge on any atom is 0.317 e. The van der Waals surface area contributed by atoms with Gasteiger partial charge in [-0.05, 0) is 0 Å². The summed E-state index contributed by atoms with van der Waals surface area (Å²) >= 11 is 0. The topological polar surface area (TPSA) is 63.3 Å². The summed E-state index contributed by atoms with van der Waals surface area (Å²) in [6.07, 6.45) is 0. The third kappa shape index (κ3) is 8.84. The summed E-state index contributed by atoms with van der Waals surface area (Å²) in [4.78, 5) is 9.24. The quantitative estimate of drug-likeness (QED) is 0.585. The summed E-state index contributed by atoms with van der Waals surface area (Å²) in [5.74, 6) is -0.968. The predicted molar refractivity (Wildman–Crippen MR) is 22.4 cm³/mol. The van der Waals surface area contributed by atoms with Gasteiger partial charge in [-0.3, -0.25) is 4.79 Å². The second-order valence-corrected chi connectivity index (χ2v) is 0.598. The van der Waals surface area contributed by atoms with Crippen molar-refractivity contribution >= 4 is 33.3 Å². The van der Waals surface area contributed by atoms with Crippen molar-refractivity contribution in [2.75, 3.05) is 6.54 Å². The van der Waals surface area contributed by atoms with E-state index in [9.17, 15) is 4.79 Å². The summed E-state index contributed by atoms with van der Waals surface area (Å²) in [6.45, 7) is -0.278. The molecule has 0 aromatic heterocycles. The third-order valence-corrected chi connectivity index (χ3v) is 0.175. The molecule has 0 heterocycles. The number of hydrogen-bond acceptors (Lipinski definition) is 2. The van der Waals surface area contributed by atoms with Crippen molar-refractivity contribution < 1.29 is 9.90 Å². The van der Waals surface area contributed by atoms with E-state index in [1.165, 1.54) is 0 Å². The molecular weight excluding hydrogens is 277 g/mol. The van der Waals surface area contributed by atoms with Crippen LogP contribution in [0.2, 0.25) is 0 Å². The van der Waals surface area contributed by atoms with Gasteiger partial charge in [0.2, 0.25) is 0 Å². The van der Waals surface area contributed by atoms with Crippen molar-refractivity contribution in [1.29, 1.82) is 0 Å². The van der Waals surface area contributed by atoms with E-state index in [0.717, 1.165) is 0 Å². The third-order valence-electron chi connectivity index (χ3n) is 0.175. The van der Waals surface area contributed by atoms with E-state index < -0.39 is 5.97 Å². The van der Waals surface area contributed by atoms with Crippen LogP contribution in [-0.2, 0) is 4.79 Å². The summed E-state index contributed by atoms with van der Waals surface area (Å²) in [7, 11) is 0. The van der Waals surface area contributed by atoms with Crippen molar-refractivity contribution in [3.8, 4) is 0 Å². The number of carboxylic acids is 1. The van der Waals surface area contributed by atoms with Crippen LogP contribution in [0.15, 0.2) is 0 Å². The fourth-order valence-electron chi connectivity index (χ4n) is 0. The first-order chi connectivity index (χ1) is 2.27. The largest absolute Gasteiger partial charge is 0.480 e. The van der Waals surface area contributed by atoms with E-state index in [1.54, 1.807) is 0 Å². The molecule has 0 bridgehead atoms. The molecule has 6 heavy (non-hydrogen) atoms. The zero-order valence-corrected chi connectivity index (χ0v) is 7.03. The molecule has 0 aliphatic heterocycles. The normalized spacial score (nSPS) is 6.17. The molecule has 0 unspecified atom stereocenters. The Labute approximate surface area is 55.7 Å². The minimum atomic E-state index is -0.968. The monoisotopic (exact) mass is 283 g/mol. The van der Waals surface area contributed by atoms with Crippen LogP contribution in [-0.4, -0.2) is 44.9 Å². The molecule has 0 rings (SSSR count). The summed E-state index contributed by atoms with van der Waals surface area (Å²) in [5, 5.41) is 7.60. The van der Waals surface area contributed by atoms with Crippen molar-refractivity contribution in [1.82, 2.24) is 0 Å². The molecule has 0 aliphatic carbocycles. The molecule has 0 fully saturated rings. The summed E-state index contributed by atoms with van der Waals surface area (Å²) < 4.78 is 0. The second kappa shape index (κ2) is 5.35. The van der Waals surface area contributed by atoms with E-state index in [4.69, 9.17) is 5.11 Å². The smallest absolute Gasteiger partial charge is 0.317 e. The van der Waals surface area contributed by atoms with Gasteiger partial charge in [0.05, 0.1) is 6.54 Å². The molecular formula is C2H5NO2Pb. The Morgan fingerprint density at radius 2 is 2.00 bits per heavy atom. The van der Waals surface area contributed by atoms with E-state index in [2.05, 4.69) is 5.73 Å². The molecule has 0 aromatic rings. The van der Waals surface area contributed by atoms with Crippen LogP contribution >= 0.6 is 0 Å². The van der Waals surface area contributed by atoms with Gasteiger partial charge in [0.25, 0.3) is 0 Å². The standard InChI is InChI=1S/C2H5NO2.Pb/c3-1-2(4)5;/h1,3H2,(H,4,5);. The van der Waals surface area contributed by atoms with Gasteiger partial charge in [0, 0.05) is 27.3 Å². The number of aliphatic carboxylic acids is 1. The van der Waals surface area contributed by atoms with Gasteiger partial charge >= 0.3 is 5.97 Å². The van der Waals surface area contributed by atoms with Crippen LogP contribution in [0.3, 0.4) is 0 Å². The van der Waals surface area contributed by atoms with Crippen molar-refractivity contribution in [3.63, 3.8) is 0 Å². The predicted octanol–water partition coefficient (Wildman–Crippen LogP) is -1.35. The first kappa shape index (κ1) is 9.61. The Kier molecular flexibility index (Phi) is 8.57. The zero-order valence-electron chi connectivity index (χ0n) is 3.14. The first-order valence-electron chi connectivity index (χ1n) is 1.19. The van der Waals surface area contributed by atoms with Crippen LogP contribution in [0.25, 0.3) is 0 Å². The molecule has 3 N–H and O–H groups in total. The van der Waals surface area contributed by atoms with Crippen LogP contribution in [0.1, 0.15) is 0 Å². The molecule has 4 radical (unpaired) electrons. The number of carboxylic acid groups (broad SMARTS) is 1. The van der Waals surface area contributed by atoms with E-state index >= 15 is 0 Å². The Morgan fingerprint density at radius 3 is 2.00 bits per heavy atom. The Hall–Kier alpha value is 0.352. The van der Waals surface area contributed by atoms with E-state index in [-0.39, 0.29) is 33.8 Å². The maximum atomic E-state index is 9.24. The minimum absolute atomic E-state index is 0. The van der Waals surface area contributed by atoms with Crippen LogP contribution in [0, 0.1) is 0 Å². The number of carbonyl (C=O) groups is 1. The van der Waals surface area contributed by atoms with Gasteiger partial charge in [0.15, 0.2) is 0 Å². The Bertz CT molecular complexity index is 46.8. The molecule has 0 saturated heterocycles. The van der Waals surface area contributed by atoms with Gasteiger partial charge in [0.1, 0.15) is 0 Å². The van der Waals surface area contributed by atoms with Crippen LogP contribution in [0.4, 0.5) is 0 Å². The van der Waals surface area contributed by atoms with Gasteiger partial charge in [-0.2, -0.15) is 0 Å². The Balaban J connectivity index is 0. The molecule has 0 spiro atoms. The number of nitrogens with two attached hydrogens (primary N) is 1. The first-order valence-corrected chi connectivity index (χ1v) is 1.19. The molecule has 0 aliphatic rings. The van der Waals surface area contributed by atoms with Gasteiger partial charge < -0.3 is 10.8 Å². The molecule has 0 aromatic carbocycles. The van der Waals surface area contributed by atoms with Crippen molar-refractivity contribution in [2.45, 2.75) is 0 Å². The summed E-state index contributed by atoms with van der Waals surface area (Å²) in [5.41, 5.74) is 4.57. The number of rotatable bonds is 1.